The van der Waals surface area contributed by atoms with E-state index in [2.05, 4.69) is 5.32 Å². The van der Waals surface area contributed by atoms with Crippen molar-refractivity contribution in [3.63, 3.8) is 0 Å². The smallest absolute Gasteiger partial charge is 0.310 e. The summed E-state index contributed by atoms with van der Waals surface area (Å²) in [7, 11) is 0. The van der Waals surface area contributed by atoms with Gasteiger partial charge >= 0.3 is 11.9 Å². The van der Waals surface area contributed by atoms with Crippen molar-refractivity contribution in [3.8, 4) is 0 Å². The molecule has 2 saturated carbocycles. The number of esters is 2. The van der Waals surface area contributed by atoms with Gasteiger partial charge in [0, 0.05) is 11.6 Å². The van der Waals surface area contributed by atoms with E-state index in [1.165, 1.54) is 0 Å². The molecule has 6 heteroatoms. The maximum absolute atomic E-state index is 12.4. The summed E-state index contributed by atoms with van der Waals surface area (Å²) in [5.74, 6) is -1.65. The Hall–Kier alpha value is -2.37. The standard InChI is InChI=1S/C18H19NO5/c1-9-2-4-11(5-3-9)19-14(20)8-23-17(21)15-10-6-12-13(7-10)24-18(22)16(12)15/h2-5,10,12-13,15-16H,6-8H2,1H3,(H,19,20)/t10-,12-,13-,15-,16+/m1/s1. The Morgan fingerprint density at radius 1 is 1.25 bits per heavy atom. The third-order valence-electron chi connectivity index (χ3n) is 5.44. The number of nitrogens with one attached hydrogen (secondary N) is 1. The average Bonchev–Trinajstić information content (AvgIpc) is 3.16. The van der Waals surface area contributed by atoms with Gasteiger partial charge in [-0.05, 0) is 37.8 Å². The Morgan fingerprint density at radius 3 is 2.75 bits per heavy atom. The second kappa shape index (κ2) is 5.61. The molecule has 1 amide bonds. The van der Waals surface area contributed by atoms with Gasteiger partial charge in [0.15, 0.2) is 6.61 Å². The van der Waals surface area contributed by atoms with Crippen molar-refractivity contribution in [2.45, 2.75) is 25.9 Å². The number of hydrogen-bond donors (Lipinski definition) is 1. The largest absolute Gasteiger partial charge is 0.462 e. The number of aryl methyl sites for hydroxylation is 1. The van der Waals surface area contributed by atoms with E-state index < -0.39 is 11.9 Å². The fourth-order valence-corrected chi connectivity index (χ4v) is 4.39. The second-order valence-corrected chi connectivity index (χ2v) is 6.94. The molecular formula is C18H19NO5. The summed E-state index contributed by atoms with van der Waals surface area (Å²) in [6.45, 7) is 1.62. The summed E-state index contributed by atoms with van der Waals surface area (Å²) in [4.78, 5) is 36.2. The first kappa shape index (κ1) is 15.2. The molecule has 1 aromatic rings. The lowest BCUT2D eigenvalue weighted by Crippen LogP contribution is -2.34. The van der Waals surface area contributed by atoms with Crippen LogP contribution in [-0.2, 0) is 23.9 Å². The van der Waals surface area contributed by atoms with E-state index in [0.717, 1.165) is 18.4 Å². The number of rotatable bonds is 4. The van der Waals surface area contributed by atoms with E-state index in [4.69, 9.17) is 9.47 Å². The van der Waals surface area contributed by atoms with Crippen LogP contribution in [0.15, 0.2) is 24.3 Å². The van der Waals surface area contributed by atoms with Gasteiger partial charge in [-0.1, -0.05) is 17.7 Å². The molecule has 0 radical (unpaired) electrons. The molecule has 2 bridgehead atoms. The van der Waals surface area contributed by atoms with Crippen LogP contribution in [0.5, 0.6) is 0 Å². The van der Waals surface area contributed by atoms with E-state index >= 15 is 0 Å². The third-order valence-corrected chi connectivity index (χ3v) is 5.44. The fraction of sp³-hybridized carbons (Fsp3) is 0.500. The Kier molecular flexibility index (Phi) is 3.55. The van der Waals surface area contributed by atoms with Gasteiger partial charge in [-0.15, -0.1) is 0 Å². The number of anilines is 1. The quantitative estimate of drug-likeness (QED) is 0.850. The molecule has 1 heterocycles. The highest BCUT2D eigenvalue weighted by atomic mass is 16.6. The second-order valence-electron chi connectivity index (χ2n) is 6.94. The molecule has 0 aromatic heterocycles. The molecule has 1 aliphatic heterocycles. The van der Waals surface area contributed by atoms with Crippen molar-refractivity contribution < 1.29 is 23.9 Å². The van der Waals surface area contributed by atoms with Crippen LogP contribution < -0.4 is 5.32 Å². The van der Waals surface area contributed by atoms with Gasteiger partial charge in [0.05, 0.1) is 11.8 Å². The minimum Gasteiger partial charge on any atom is -0.462 e. The summed E-state index contributed by atoms with van der Waals surface area (Å²) in [6, 6.07) is 7.36. The Labute approximate surface area is 139 Å². The van der Waals surface area contributed by atoms with Crippen LogP contribution in [0, 0.1) is 30.6 Å². The average molecular weight is 329 g/mol. The minimum absolute atomic E-state index is 0.0126. The summed E-state index contributed by atoms with van der Waals surface area (Å²) >= 11 is 0. The van der Waals surface area contributed by atoms with E-state index in [1.54, 1.807) is 12.1 Å². The number of carbonyl (C=O) groups is 3. The van der Waals surface area contributed by atoms with Crippen molar-refractivity contribution >= 4 is 23.5 Å². The van der Waals surface area contributed by atoms with Crippen LogP contribution in [0.3, 0.4) is 0 Å². The molecule has 1 aromatic carbocycles. The van der Waals surface area contributed by atoms with E-state index in [9.17, 15) is 14.4 Å². The van der Waals surface area contributed by atoms with Crippen LogP contribution in [-0.4, -0.2) is 30.6 Å². The molecule has 3 fully saturated rings. The zero-order valence-electron chi connectivity index (χ0n) is 13.4. The first-order valence-electron chi connectivity index (χ1n) is 8.26. The first-order chi connectivity index (χ1) is 11.5. The molecule has 126 valence electrons. The molecule has 6 nitrogen and oxygen atoms in total. The third kappa shape index (κ3) is 2.46. The number of carbonyl (C=O) groups excluding carboxylic acids is 3. The van der Waals surface area contributed by atoms with Gasteiger partial charge in [0.25, 0.3) is 5.91 Å². The van der Waals surface area contributed by atoms with Gasteiger partial charge in [-0.3, -0.25) is 14.4 Å². The van der Waals surface area contributed by atoms with Crippen molar-refractivity contribution in [1.82, 2.24) is 0 Å². The molecular weight excluding hydrogens is 310 g/mol. The fourth-order valence-electron chi connectivity index (χ4n) is 4.39. The normalized spacial score (nSPS) is 32.5. The molecule has 0 unspecified atom stereocenters. The summed E-state index contributed by atoms with van der Waals surface area (Å²) in [5, 5.41) is 2.68. The van der Waals surface area contributed by atoms with Crippen molar-refractivity contribution in [2.75, 3.05) is 11.9 Å². The Morgan fingerprint density at radius 2 is 2.00 bits per heavy atom. The lowest BCUT2D eigenvalue weighted by molar-refractivity contribution is -0.157. The molecule has 1 N–H and O–H groups in total. The summed E-state index contributed by atoms with van der Waals surface area (Å²) < 4.78 is 10.5. The number of ether oxygens (including phenoxy) is 2. The molecule has 3 aliphatic rings. The topological polar surface area (TPSA) is 81.7 Å². The molecule has 1 saturated heterocycles. The van der Waals surface area contributed by atoms with Crippen LogP contribution in [0.4, 0.5) is 5.69 Å². The van der Waals surface area contributed by atoms with Gasteiger partial charge < -0.3 is 14.8 Å². The van der Waals surface area contributed by atoms with E-state index in [1.807, 2.05) is 19.1 Å². The van der Waals surface area contributed by atoms with Crippen LogP contribution in [0.2, 0.25) is 0 Å². The minimum atomic E-state index is -0.455. The maximum atomic E-state index is 12.4. The maximum Gasteiger partial charge on any atom is 0.310 e. The highest BCUT2D eigenvalue weighted by Crippen LogP contribution is 2.57. The zero-order chi connectivity index (χ0) is 16.8. The lowest BCUT2D eigenvalue weighted by Gasteiger charge is -2.22. The van der Waals surface area contributed by atoms with Crippen LogP contribution in [0.1, 0.15) is 18.4 Å². The molecule has 5 atom stereocenters. The van der Waals surface area contributed by atoms with Crippen LogP contribution >= 0.6 is 0 Å². The van der Waals surface area contributed by atoms with Gasteiger partial charge in [0.2, 0.25) is 0 Å². The number of hydrogen-bond acceptors (Lipinski definition) is 5. The van der Waals surface area contributed by atoms with Gasteiger partial charge in [-0.2, -0.15) is 0 Å². The van der Waals surface area contributed by atoms with E-state index in [-0.39, 0.29) is 42.3 Å². The Bertz CT molecular complexity index is 696. The predicted octanol–water partition coefficient (Wildman–Crippen LogP) is 1.67. The molecule has 2 aliphatic carbocycles. The monoisotopic (exact) mass is 329 g/mol. The Balaban J connectivity index is 1.33. The van der Waals surface area contributed by atoms with Gasteiger partial charge in [0.1, 0.15) is 6.10 Å². The number of benzene rings is 1. The highest BCUT2D eigenvalue weighted by Gasteiger charge is 2.64. The SMILES string of the molecule is Cc1ccc(NC(=O)COC(=O)[C@@H]2[C@@H]3C[C@H]4[C@@H]2C(=O)O[C@@H]4C3)cc1. The molecule has 0 spiro atoms. The zero-order valence-corrected chi connectivity index (χ0v) is 13.4. The van der Waals surface area contributed by atoms with Crippen LogP contribution in [0.25, 0.3) is 0 Å². The number of fused-ring (bicyclic) bond motifs is 1. The number of amides is 1. The van der Waals surface area contributed by atoms with E-state index in [0.29, 0.717) is 5.69 Å². The summed E-state index contributed by atoms with van der Waals surface area (Å²) in [6.07, 6.45) is 1.57. The summed E-state index contributed by atoms with van der Waals surface area (Å²) in [5.41, 5.74) is 1.75. The first-order valence-corrected chi connectivity index (χ1v) is 8.26. The molecule has 4 rings (SSSR count). The predicted molar refractivity (Wildman–Crippen MR) is 83.8 cm³/mol. The lowest BCUT2D eigenvalue weighted by atomic mass is 9.80. The van der Waals surface area contributed by atoms with Crippen molar-refractivity contribution in [3.05, 3.63) is 29.8 Å². The van der Waals surface area contributed by atoms with Crippen molar-refractivity contribution in [2.24, 2.45) is 23.7 Å². The molecule has 24 heavy (non-hydrogen) atoms. The van der Waals surface area contributed by atoms with Gasteiger partial charge in [-0.25, -0.2) is 0 Å². The van der Waals surface area contributed by atoms with Crippen molar-refractivity contribution in [1.29, 1.82) is 0 Å². The highest BCUT2D eigenvalue weighted by molar-refractivity contribution is 5.93.